The van der Waals surface area contributed by atoms with Crippen LogP contribution in [-0.2, 0) is 9.59 Å². The molecule has 1 saturated heterocycles. The third-order valence-electron chi connectivity index (χ3n) is 6.80. The topological polar surface area (TPSA) is 40.6 Å². The lowest BCUT2D eigenvalue weighted by atomic mass is 9.94. The van der Waals surface area contributed by atoms with Gasteiger partial charge in [-0.3, -0.25) is 14.5 Å². The van der Waals surface area contributed by atoms with E-state index in [1.165, 1.54) is 18.4 Å². The van der Waals surface area contributed by atoms with Crippen molar-refractivity contribution in [3.8, 4) is 0 Å². The van der Waals surface area contributed by atoms with Gasteiger partial charge in [-0.15, -0.1) is 0 Å². The van der Waals surface area contributed by atoms with Crippen molar-refractivity contribution < 1.29 is 9.59 Å². The number of hydrogen-bond donors (Lipinski definition) is 0. The summed E-state index contributed by atoms with van der Waals surface area (Å²) in [6.45, 7) is 8.12. The molecule has 0 N–H and O–H groups in total. The molecule has 2 fully saturated rings. The Kier molecular flexibility index (Phi) is 5.31. The van der Waals surface area contributed by atoms with Gasteiger partial charge < -0.3 is 4.90 Å². The van der Waals surface area contributed by atoms with E-state index in [4.69, 9.17) is 0 Å². The Morgan fingerprint density at radius 3 is 2.32 bits per heavy atom. The van der Waals surface area contributed by atoms with Crippen molar-refractivity contribution >= 4 is 17.4 Å². The number of amides is 2. The van der Waals surface area contributed by atoms with Crippen molar-refractivity contribution in [2.45, 2.75) is 71.8 Å². The Bertz CT molecular complexity index is 820. The van der Waals surface area contributed by atoms with E-state index < -0.39 is 0 Å². The zero-order valence-corrected chi connectivity index (χ0v) is 17.5. The van der Waals surface area contributed by atoms with Crippen LogP contribution in [0.4, 0.5) is 0 Å². The fraction of sp³-hybridized carbons (Fsp3) is 0.583. The summed E-state index contributed by atoms with van der Waals surface area (Å²) in [5.74, 6) is 0.418. The van der Waals surface area contributed by atoms with Gasteiger partial charge in [-0.25, -0.2) is 0 Å². The van der Waals surface area contributed by atoms with E-state index in [0.29, 0.717) is 17.2 Å². The standard InChI is InChI=1S/C24H32N2O2/c1-16-8-7-13-25(15-16)22-21(19-12-11-17(2)18(3)14-19)23(27)26(24(22)28)20-9-5-4-6-10-20/h11-12,14,16,20H,4-10,13,15H2,1-3H3. The van der Waals surface area contributed by atoms with E-state index in [1.54, 1.807) is 4.90 Å². The van der Waals surface area contributed by atoms with E-state index in [2.05, 4.69) is 37.8 Å². The first-order valence-corrected chi connectivity index (χ1v) is 10.9. The first kappa shape index (κ1) is 19.2. The molecular formula is C24H32N2O2. The minimum absolute atomic E-state index is 0.0563. The second kappa shape index (κ2) is 7.73. The number of piperidine rings is 1. The molecule has 1 aromatic carbocycles. The summed E-state index contributed by atoms with van der Waals surface area (Å²) in [5.41, 5.74) is 4.55. The van der Waals surface area contributed by atoms with Crippen molar-refractivity contribution in [3.63, 3.8) is 0 Å². The minimum atomic E-state index is -0.0756. The highest BCUT2D eigenvalue weighted by atomic mass is 16.2. The van der Waals surface area contributed by atoms with Gasteiger partial charge in [0.05, 0.1) is 5.57 Å². The third kappa shape index (κ3) is 3.38. The van der Waals surface area contributed by atoms with E-state index >= 15 is 0 Å². The Morgan fingerprint density at radius 2 is 1.64 bits per heavy atom. The predicted octanol–water partition coefficient (Wildman–Crippen LogP) is 4.45. The minimum Gasteiger partial charge on any atom is -0.366 e. The number of benzene rings is 1. The fourth-order valence-electron chi connectivity index (χ4n) is 5.05. The van der Waals surface area contributed by atoms with Crippen LogP contribution in [0.5, 0.6) is 0 Å². The van der Waals surface area contributed by atoms with Crippen LogP contribution in [0.1, 0.15) is 68.6 Å². The zero-order chi connectivity index (χ0) is 19.8. The summed E-state index contributed by atoms with van der Waals surface area (Å²) in [5, 5.41) is 0. The summed E-state index contributed by atoms with van der Waals surface area (Å²) in [6.07, 6.45) is 7.59. The molecular weight excluding hydrogens is 348 g/mol. The number of carbonyl (C=O) groups is 2. The quantitative estimate of drug-likeness (QED) is 0.728. The number of nitrogens with zero attached hydrogens (tertiary/aromatic N) is 2. The Labute approximate surface area is 168 Å². The Morgan fingerprint density at radius 1 is 0.893 bits per heavy atom. The number of aryl methyl sites for hydroxylation is 2. The zero-order valence-electron chi connectivity index (χ0n) is 17.5. The monoisotopic (exact) mass is 380 g/mol. The highest BCUT2D eigenvalue weighted by Gasteiger charge is 2.45. The number of likely N-dealkylation sites (tertiary alicyclic amines) is 1. The lowest BCUT2D eigenvalue weighted by molar-refractivity contribution is -0.141. The van der Waals surface area contributed by atoms with Gasteiger partial charge in [0.1, 0.15) is 5.70 Å². The Hall–Kier alpha value is -2.10. The molecule has 4 rings (SSSR count). The summed E-state index contributed by atoms with van der Waals surface area (Å²) in [7, 11) is 0. The fourth-order valence-corrected chi connectivity index (χ4v) is 5.05. The van der Waals surface area contributed by atoms with Gasteiger partial charge in [-0.05, 0) is 62.1 Å². The van der Waals surface area contributed by atoms with E-state index in [0.717, 1.165) is 56.3 Å². The third-order valence-corrected chi connectivity index (χ3v) is 6.80. The molecule has 0 radical (unpaired) electrons. The molecule has 0 aromatic heterocycles. The van der Waals surface area contributed by atoms with Crippen molar-refractivity contribution in [2.75, 3.05) is 13.1 Å². The molecule has 3 aliphatic rings. The van der Waals surface area contributed by atoms with Crippen LogP contribution < -0.4 is 0 Å². The lowest BCUT2D eigenvalue weighted by Crippen LogP contribution is -2.44. The number of carbonyl (C=O) groups excluding carboxylic acids is 2. The SMILES string of the molecule is Cc1ccc(C2=C(N3CCCC(C)C3)C(=O)N(C3CCCCC3)C2=O)cc1C. The molecule has 1 aromatic rings. The smallest absolute Gasteiger partial charge is 0.278 e. The highest BCUT2D eigenvalue weighted by molar-refractivity contribution is 6.35. The van der Waals surface area contributed by atoms with E-state index in [9.17, 15) is 9.59 Å². The summed E-state index contributed by atoms with van der Waals surface area (Å²) < 4.78 is 0. The van der Waals surface area contributed by atoms with Crippen LogP contribution in [0.15, 0.2) is 23.9 Å². The van der Waals surface area contributed by atoms with Gasteiger partial charge in [-0.2, -0.15) is 0 Å². The average Bonchev–Trinajstić information content (AvgIpc) is 2.95. The number of rotatable bonds is 3. The van der Waals surface area contributed by atoms with Crippen LogP contribution in [0, 0.1) is 19.8 Å². The molecule has 1 atom stereocenters. The van der Waals surface area contributed by atoms with Gasteiger partial charge in [0.2, 0.25) is 0 Å². The molecule has 1 unspecified atom stereocenters. The Balaban J connectivity index is 1.78. The van der Waals surface area contributed by atoms with Gasteiger partial charge in [0, 0.05) is 19.1 Å². The van der Waals surface area contributed by atoms with Crippen molar-refractivity contribution in [3.05, 3.63) is 40.6 Å². The summed E-state index contributed by atoms with van der Waals surface area (Å²) in [6, 6.07) is 6.22. The molecule has 2 aliphatic heterocycles. The largest absolute Gasteiger partial charge is 0.366 e. The van der Waals surface area contributed by atoms with Crippen molar-refractivity contribution in [2.24, 2.45) is 5.92 Å². The van der Waals surface area contributed by atoms with Crippen LogP contribution in [0.2, 0.25) is 0 Å². The molecule has 150 valence electrons. The molecule has 4 heteroatoms. The second-order valence-electron chi connectivity index (χ2n) is 8.99. The maximum absolute atomic E-state index is 13.6. The first-order chi connectivity index (χ1) is 13.5. The molecule has 0 spiro atoms. The van der Waals surface area contributed by atoms with Crippen LogP contribution in [0.3, 0.4) is 0 Å². The highest BCUT2D eigenvalue weighted by Crippen LogP contribution is 2.37. The van der Waals surface area contributed by atoms with E-state index in [-0.39, 0.29) is 17.9 Å². The number of hydrogen-bond acceptors (Lipinski definition) is 3. The molecule has 4 nitrogen and oxygen atoms in total. The summed E-state index contributed by atoms with van der Waals surface area (Å²) in [4.78, 5) is 30.9. The van der Waals surface area contributed by atoms with Crippen molar-refractivity contribution in [1.82, 2.24) is 9.80 Å². The summed E-state index contributed by atoms with van der Waals surface area (Å²) >= 11 is 0. The molecule has 28 heavy (non-hydrogen) atoms. The molecule has 1 saturated carbocycles. The first-order valence-electron chi connectivity index (χ1n) is 10.9. The van der Waals surface area contributed by atoms with E-state index in [1.807, 2.05) is 6.07 Å². The maximum Gasteiger partial charge on any atom is 0.278 e. The van der Waals surface area contributed by atoms with Crippen LogP contribution in [0.25, 0.3) is 5.57 Å². The molecule has 0 bridgehead atoms. The average molecular weight is 381 g/mol. The van der Waals surface area contributed by atoms with Crippen molar-refractivity contribution in [1.29, 1.82) is 0 Å². The molecule has 2 heterocycles. The lowest BCUT2D eigenvalue weighted by Gasteiger charge is -2.34. The van der Waals surface area contributed by atoms with Gasteiger partial charge in [0.15, 0.2) is 0 Å². The predicted molar refractivity (Wildman–Crippen MR) is 112 cm³/mol. The van der Waals surface area contributed by atoms with Gasteiger partial charge >= 0.3 is 0 Å². The van der Waals surface area contributed by atoms with Crippen LogP contribution in [-0.4, -0.2) is 40.7 Å². The second-order valence-corrected chi connectivity index (χ2v) is 8.99. The number of imide groups is 1. The maximum atomic E-state index is 13.6. The normalized spacial score (nSPS) is 24.5. The van der Waals surface area contributed by atoms with Crippen LogP contribution >= 0.6 is 0 Å². The van der Waals surface area contributed by atoms with Gasteiger partial charge in [-0.1, -0.05) is 44.4 Å². The van der Waals surface area contributed by atoms with Gasteiger partial charge in [0.25, 0.3) is 11.8 Å². The molecule has 1 aliphatic carbocycles. The molecule has 2 amide bonds.